The third-order valence-corrected chi connectivity index (χ3v) is 4.97. The van der Waals surface area contributed by atoms with E-state index in [-0.39, 0.29) is 0 Å². The lowest BCUT2D eigenvalue weighted by Gasteiger charge is -2.01. The van der Waals surface area contributed by atoms with Crippen LogP contribution in [-0.2, 0) is 19.4 Å². The van der Waals surface area contributed by atoms with E-state index >= 15 is 0 Å². The summed E-state index contributed by atoms with van der Waals surface area (Å²) in [7, 11) is 0. The summed E-state index contributed by atoms with van der Waals surface area (Å²) in [6, 6.07) is 7.65. The zero-order valence-corrected chi connectivity index (χ0v) is 15.2. The Hall–Kier alpha value is -1.66. The van der Waals surface area contributed by atoms with E-state index in [0.29, 0.717) is 36.2 Å². The van der Waals surface area contributed by atoms with Crippen molar-refractivity contribution in [3.63, 3.8) is 0 Å². The van der Waals surface area contributed by atoms with Crippen LogP contribution < -0.4 is 0 Å². The Kier molecular flexibility index (Phi) is 4.82. The van der Waals surface area contributed by atoms with Crippen molar-refractivity contribution in [1.29, 1.82) is 0 Å². The second-order valence-electron chi connectivity index (χ2n) is 5.35. The molecule has 0 saturated carbocycles. The Labute approximate surface area is 147 Å². The first-order valence-electron chi connectivity index (χ1n) is 7.28. The molecule has 23 heavy (non-hydrogen) atoms. The molecule has 0 aliphatic carbocycles. The molecule has 0 bridgehead atoms. The van der Waals surface area contributed by atoms with Gasteiger partial charge in [0.2, 0.25) is 11.8 Å². The summed E-state index contributed by atoms with van der Waals surface area (Å²) in [6.45, 7) is 4.71. The zero-order valence-electron chi connectivity index (χ0n) is 12.9. The van der Waals surface area contributed by atoms with Gasteiger partial charge >= 0.3 is 0 Å². The lowest BCUT2D eigenvalue weighted by atomic mass is 10.1. The predicted molar refractivity (Wildman–Crippen MR) is 91.7 cm³/mol. The van der Waals surface area contributed by atoms with Crippen LogP contribution in [0.1, 0.15) is 28.7 Å². The Morgan fingerprint density at radius 1 is 1.22 bits per heavy atom. The highest BCUT2D eigenvalue weighted by Crippen LogP contribution is 2.20. The number of halogens is 2. The maximum atomic E-state index is 5.98. The standard InChI is InChI=1S/C16H16BrClN4O/c1-10-16(17)11(2)22(21-10)7-6-14-19-20-15(23-14)9-12-4-3-5-13(18)8-12/h3-5,8H,6-7,9H2,1-2H3. The molecule has 5 nitrogen and oxygen atoms in total. The van der Waals surface area contributed by atoms with Gasteiger partial charge in [-0.05, 0) is 47.5 Å². The third kappa shape index (κ3) is 3.82. The fraction of sp³-hybridized carbons (Fsp3) is 0.312. The molecule has 1 aromatic carbocycles. The summed E-state index contributed by atoms with van der Waals surface area (Å²) >= 11 is 9.51. The van der Waals surface area contributed by atoms with Crippen molar-refractivity contribution in [3.05, 3.63) is 62.5 Å². The molecule has 0 amide bonds. The minimum absolute atomic E-state index is 0.582. The lowest BCUT2D eigenvalue weighted by molar-refractivity contribution is 0.437. The van der Waals surface area contributed by atoms with E-state index in [4.69, 9.17) is 16.0 Å². The Morgan fingerprint density at radius 3 is 2.70 bits per heavy atom. The van der Waals surface area contributed by atoms with Crippen LogP contribution in [-0.4, -0.2) is 20.0 Å². The van der Waals surface area contributed by atoms with Crippen molar-refractivity contribution in [2.75, 3.05) is 0 Å². The average molecular weight is 396 g/mol. The molecule has 7 heteroatoms. The SMILES string of the molecule is Cc1nn(CCc2nnc(Cc3cccc(Cl)c3)o2)c(C)c1Br. The Morgan fingerprint density at radius 2 is 2.00 bits per heavy atom. The maximum Gasteiger partial charge on any atom is 0.220 e. The van der Waals surface area contributed by atoms with E-state index in [0.717, 1.165) is 21.4 Å². The first-order valence-corrected chi connectivity index (χ1v) is 8.45. The van der Waals surface area contributed by atoms with Crippen LogP contribution in [0, 0.1) is 13.8 Å². The van der Waals surface area contributed by atoms with Gasteiger partial charge < -0.3 is 4.42 Å². The quantitative estimate of drug-likeness (QED) is 0.652. The van der Waals surface area contributed by atoms with Gasteiger partial charge in [0.1, 0.15) is 0 Å². The van der Waals surface area contributed by atoms with Gasteiger partial charge in [-0.1, -0.05) is 23.7 Å². The molecule has 2 aromatic heterocycles. The number of benzene rings is 1. The van der Waals surface area contributed by atoms with E-state index in [2.05, 4.69) is 31.2 Å². The average Bonchev–Trinajstić information content (AvgIpc) is 3.05. The molecule has 0 atom stereocenters. The van der Waals surface area contributed by atoms with E-state index in [1.807, 2.05) is 42.8 Å². The zero-order chi connectivity index (χ0) is 16.4. The van der Waals surface area contributed by atoms with Crippen LogP contribution in [0.4, 0.5) is 0 Å². The Bertz CT molecular complexity index is 827. The van der Waals surface area contributed by atoms with E-state index in [1.165, 1.54) is 0 Å². The smallest absolute Gasteiger partial charge is 0.220 e. The number of aromatic nitrogens is 4. The molecular weight excluding hydrogens is 380 g/mol. The fourth-order valence-electron chi connectivity index (χ4n) is 2.38. The van der Waals surface area contributed by atoms with Gasteiger partial charge in [-0.3, -0.25) is 4.68 Å². The number of aryl methyl sites for hydroxylation is 3. The number of hydrogen-bond acceptors (Lipinski definition) is 4. The van der Waals surface area contributed by atoms with E-state index < -0.39 is 0 Å². The predicted octanol–water partition coefficient (Wildman–Crippen LogP) is 4.13. The molecule has 0 aliphatic heterocycles. The molecule has 0 saturated heterocycles. The van der Waals surface area contributed by atoms with Crippen molar-refractivity contribution in [2.45, 2.75) is 33.2 Å². The number of rotatable bonds is 5. The summed E-state index contributed by atoms with van der Waals surface area (Å²) in [4.78, 5) is 0. The van der Waals surface area contributed by atoms with Gasteiger partial charge in [-0.25, -0.2) is 0 Å². The minimum Gasteiger partial charge on any atom is -0.425 e. The van der Waals surface area contributed by atoms with Crippen LogP contribution in [0.25, 0.3) is 0 Å². The highest BCUT2D eigenvalue weighted by molar-refractivity contribution is 9.10. The van der Waals surface area contributed by atoms with Crippen LogP contribution in [0.15, 0.2) is 33.2 Å². The monoisotopic (exact) mass is 394 g/mol. The van der Waals surface area contributed by atoms with Crippen LogP contribution in [0.3, 0.4) is 0 Å². The van der Waals surface area contributed by atoms with Gasteiger partial charge in [0.25, 0.3) is 0 Å². The highest BCUT2D eigenvalue weighted by Gasteiger charge is 2.11. The molecule has 120 valence electrons. The lowest BCUT2D eigenvalue weighted by Crippen LogP contribution is -2.05. The minimum atomic E-state index is 0.582. The molecule has 0 spiro atoms. The molecule has 0 N–H and O–H groups in total. The molecule has 3 aromatic rings. The van der Waals surface area contributed by atoms with Gasteiger partial charge in [0.05, 0.1) is 16.6 Å². The first-order chi connectivity index (χ1) is 11.0. The van der Waals surface area contributed by atoms with Crippen LogP contribution in [0.5, 0.6) is 0 Å². The van der Waals surface area contributed by atoms with Crippen LogP contribution >= 0.6 is 27.5 Å². The molecular formula is C16H16BrClN4O. The topological polar surface area (TPSA) is 56.7 Å². The van der Waals surface area contributed by atoms with Crippen molar-refractivity contribution in [3.8, 4) is 0 Å². The number of hydrogen-bond donors (Lipinski definition) is 0. The summed E-state index contributed by atoms with van der Waals surface area (Å²) in [6.07, 6.45) is 1.23. The summed E-state index contributed by atoms with van der Waals surface area (Å²) in [5.41, 5.74) is 3.13. The molecule has 0 aliphatic rings. The van der Waals surface area contributed by atoms with Crippen molar-refractivity contribution >= 4 is 27.5 Å². The second-order valence-corrected chi connectivity index (χ2v) is 6.58. The van der Waals surface area contributed by atoms with Crippen molar-refractivity contribution < 1.29 is 4.42 Å². The maximum absolute atomic E-state index is 5.98. The third-order valence-electron chi connectivity index (χ3n) is 3.58. The normalized spacial score (nSPS) is 11.1. The van der Waals surface area contributed by atoms with Gasteiger partial charge in [0, 0.05) is 23.7 Å². The largest absolute Gasteiger partial charge is 0.425 e. The van der Waals surface area contributed by atoms with Crippen LogP contribution in [0.2, 0.25) is 5.02 Å². The van der Waals surface area contributed by atoms with Gasteiger partial charge in [-0.15, -0.1) is 10.2 Å². The molecule has 0 radical (unpaired) electrons. The van der Waals surface area contributed by atoms with E-state index in [1.54, 1.807) is 0 Å². The first kappa shape index (κ1) is 16.2. The summed E-state index contributed by atoms with van der Waals surface area (Å²) in [5.74, 6) is 1.21. The van der Waals surface area contributed by atoms with Crippen molar-refractivity contribution in [2.24, 2.45) is 0 Å². The van der Waals surface area contributed by atoms with E-state index in [9.17, 15) is 0 Å². The summed E-state index contributed by atoms with van der Waals surface area (Å²) < 4.78 is 8.70. The second kappa shape index (κ2) is 6.84. The highest BCUT2D eigenvalue weighted by atomic mass is 79.9. The molecule has 2 heterocycles. The summed E-state index contributed by atoms with van der Waals surface area (Å²) in [5, 5.41) is 13.4. The molecule has 0 unspecified atom stereocenters. The van der Waals surface area contributed by atoms with Gasteiger partial charge in [-0.2, -0.15) is 5.10 Å². The molecule has 0 fully saturated rings. The van der Waals surface area contributed by atoms with Crippen molar-refractivity contribution in [1.82, 2.24) is 20.0 Å². The number of nitrogens with zero attached hydrogens (tertiary/aromatic N) is 4. The molecule has 3 rings (SSSR count). The Balaban J connectivity index is 1.64. The van der Waals surface area contributed by atoms with Gasteiger partial charge in [0.15, 0.2) is 0 Å². The fourth-order valence-corrected chi connectivity index (χ4v) is 2.87.